The average molecular weight is 281 g/mol. The second-order valence-electron chi connectivity index (χ2n) is 1.56. The van der Waals surface area contributed by atoms with Crippen molar-refractivity contribution in [3.8, 4) is 0 Å². The minimum absolute atomic E-state index is 0. The Morgan fingerprint density at radius 1 is 1.25 bits per heavy atom. The third-order valence-corrected chi connectivity index (χ3v) is 0.854. The summed E-state index contributed by atoms with van der Waals surface area (Å²) in [6, 6.07) is 0. The first-order valence-electron chi connectivity index (χ1n) is 2.71. The normalized spacial score (nSPS) is 6.75. The van der Waals surface area contributed by atoms with Gasteiger partial charge in [-0.2, -0.15) is 6.42 Å². The van der Waals surface area contributed by atoms with Gasteiger partial charge >= 0.3 is 0 Å². The molecule has 0 radical (unpaired) electrons. The van der Waals surface area contributed by atoms with Crippen LogP contribution in [0.2, 0.25) is 0 Å². The van der Waals surface area contributed by atoms with E-state index in [4.69, 9.17) is 0 Å². The van der Waals surface area contributed by atoms with E-state index in [2.05, 4.69) is 13.8 Å². The van der Waals surface area contributed by atoms with E-state index in [1.54, 1.807) is 0 Å². The Morgan fingerprint density at radius 3 is 1.88 bits per heavy atom. The van der Waals surface area contributed by atoms with Gasteiger partial charge in [0.2, 0.25) is 0 Å². The summed E-state index contributed by atoms with van der Waals surface area (Å²) in [5.41, 5.74) is 0. The molecule has 1 nitrogen and oxygen atoms in total. The third kappa shape index (κ3) is 15.8. The molecular formula is C6H14HfO-2. The van der Waals surface area contributed by atoms with Crippen LogP contribution in [0.25, 0.3) is 0 Å². The molecule has 0 rings (SSSR count). The second-order valence-corrected chi connectivity index (χ2v) is 1.56. The molecule has 0 aliphatic rings. The summed E-state index contributed by atoms with van der Waals surface area (Å²) < 4.78 is 0. The molecule has 0 amide bonds. The maximum Gasteiger partial charge on any atom is 0 e. The molecular weight excluding hydrogens is 267 g/mol. The summed E-state index contributed by atoms with van der Waals surface area (Å²) in [4.78, 5) is 0. The predicted molar refractivity (Wildman–Crippen MR) is 31.4 cm³/mol. The first kappa shape index (κ1) is 15.9. The molecule has 1 N–H and O–H groups in total. The van der Waals surface area contributed by atoms with E-state index in [1.807, 2.05) is 0 Å². The van der Waals surface area contributed by atoms with Gasteiger partial charge in [0.25, 0.3) is 0 Å². The number of rotatable bonds is 3. The predicted octanol–water partition coefficient (Wildman–Crippen LogP) is 2.22. The summed E-state index contributed by atoms with van der Waals surface area (Å²) in [6.45, 7) is 5.93. The molecule has 50 valence electrons. The minimum Gasteiger partial charge on any atom is -0.870 e. The van der Waals surface area contributed by atoms with Crippen molar-refractivity contribution < 1.29 is 31.3 Å². The van der Waals surface area contributed by atoms with Crippen LogP contribution < -0.4 is 0 Å². The number of hydrogen-bond acceptors (Lipinski definition) is 1. The van der Waals surface area contributed by atoms with Gasteiger partial charge < -0.3 is 12.4 Å². The van der Waals surface area contributed by atoms with Crippen molar-refractivity contribution in [2.45, 2.75) is 32.6 Å². The van der Waals surface area contributed by atoms with Crippen LogP contribution in [0.15, 0.2) is 0 Å². The zero-order chi connectivity index (χ0) is 4.83. The van der Waals surface area contributed by atoms with Gasteiger partial charge in [0, 0.05) is 25.8 Å². The first-order valence-corrected chi connectivity index (χ1v) is 2.71. The van der Waals surface area contributed by atoms with E-state index in [0.717, 1.165) is 6.42 Å². The first-order chi connectivity index (χ1) is 2.91. The molecule has 0 aliphatic carbocycles. The number of unbranched alkanes of at least 4 members (excludes halogenated alkanes) is 3. The molecule has 0 spiro atoms. The molecule has 0 saturated carbocycles. The Kier molecular flexibility index (Phi) is 31.2. The molecule has 0 aromatic heterocycles. The Labute approximate surface area is 71.0 Å². The maximum atomic E-state index is 3.72. The third-order valence-electron chi connectivity index (χ3n) is 0.854. The monoisotopic (exact) mass is 282 g/mol. The molecule has 0 aromatic rings. The van der Waals surface area contributed by atoms with E-state index in [-0.39, 0.29) is 31.3 Å². The van der Waals surface area contributed by atoms with Crippen LogP contribution in [-0.4, -0.2) is 5.48 Å². The summed E-state index contributed by atoms with van der Waals surface area (Å²) in [5, 5.41) is 0. The molecule has 0 unspecified atom stereocenters. The van der Waals surface area contributed by atoms with Crippen LogP contribution >= 0.6 is 0 Å². The van der Waals surface area contributed by atoms with Crippen molar-refractivity contribution >= 4 is 0 Å². The standard InChI is InChI=1S/C6H13.Hf.H2O/c1-3-5-6-4-2;;/h1,3-6H2,2H3;;1H2/q-1;;/p-1. The number of hydrogen-bond donors (Lipinski definition) is 0. The van der Waals surface area contributed by atoms with Crippen molar-refractivity contribution in [1.82, 2.24) is 0 Å². The summed E-state index contributed by atoms with van der Waals surface area (Å²) >= 11 is 0. The van der Waals surface area contributed by atoms with E-state index in [1.165, 1.54) is 19.3 Å². The van der Waals surface area contributed by atoms with E-state index < -0.39 is 0 Å². The minimum atomic E-state index is 0. The molecule has 2 heteroatoms. The smallest absolute Gasteiger partial charge is 0 e. The van der Waals surface area contributed by atoms with Crippen molar-refractivity contribution in [1.29, 1.82) is 0 Å². The molecule has 0 aromatic carbocycles. The Morgan fingerprint density at radius 2 is 1.75 bits per heavy atom. The Bertz CT molecular complexity index is 20.5. The van der Waals surface area contributed by atoms with Crippen molar-refractivity contribution in [3.05, 3.63) is 6.92 Å². The topological polar surface area (TPSA) is 30.0 Å². The summed E-state index contributed by atoms with van der Waals surface area (Å²) in [5.74, 6) is 0. The molecule has 8 heavy (non-hydrogen) atoms. The Hall–Kier alpha value is 0.830. The van der Waals surface area contributed by atoms with Crippen LogP contribution in [0, 0.1) is 6.92 Å². The quantitative estimate of drug-likeness (QED) is 0.443. The average Bonchev–Trinajstić information content (AvgIpc) is 1.61. The van der Waals surface area contributed by atoms with Gasteiger partial charge in [-0.1, -0.05) is 26.2 Å². The van der Waals surface area contributed by atoms with Crippen LogP contribution in [0.3, 0.4) is 0 Å². The van der Waals surface area contributed by atoms with E-state index in [0.29, 0.717) is 0 Å². The van der Waals surface area contributed by atoms with Crippen molar-refractivity contribution in [3.63, 3.8) is 0 Å². The maximum absolute atomic E-state index is 3.72. The second kappa shape index (κ2) is 15.7. The summed E-state index contributed by atoms with van der Waals surface area (Å²) in [6.07, 6.45) is 5.07. The van der Waals surface area contributed by atoms with Gasteiger partial charge in [-0.25, -0.2) is 0 Å². The van der Waals surface area contributed by atoms with Crippen LogP contribution in [0.1, 0.15) is 32.6 Å². The zero-order valence-electron chi connectivity index (χ0n) is 5.48. The largest absolute Gasteiger partial charge is 0.870 e. The van der Waals surface area contributed by atoms with Crippen LogP contribution in [-0.2, 0) is 25.8 Å². The van der Waals surface area contributed by atoms with Crippen LogP contribution in [0.5, 0.6) is 0 Å². The van der Waals surface area contributed by atoms with E-state index in [9.17, 15) is 0 Å². The van der Waals surface area contributed by atoms with Crippen molar-refractivity contribution in [2.75, 3.05) is 0 Å². The molecule has 0 fully saturated rings. The fourth-order valence-electron chi connectivity index (χ4n) is 0.427. The molecule has 0 heterocycles. The molecule has 0 saturated heterocycles. The molecule has 0 bridgehead atoms. The zero-order valence-corrected chi connectivity index (χ0v) is 9.08. The van der Waals surface area contributed by atoms with E-state index >= 15 is 0 Å². The fraction of sp³-hybridized carbons (Fsp3) is 0.833. The van der Waals surface area contributed by atoms with Gasteiger partial charge in [0.1, 0.15) is 0 Å². The van der Waals surface area contributed by atoms with Crippen molar-refractivity contribution in [2.24, 2.45) is 0 Å². The molecule has 0 atom stereocenters. The van der Waals surface area contributed by atoms with Gasteiger partial charge in [0.05, 0.1) is 0 Å². The molecule has 0 aliphatic heterocycles. The van der Waals surface area contributed by atoms with Gasteiger partial charge in [-0.3, -0.25) is 0 Å². The fourth-order valence-corrected chi connectivity index (χ4v) is 0.427. The van der Waals surface area contributed by atoms with Gasteiger partial charge in [0.15, 0.2) is 0 Å². The van der Waals surface area contributed by atoms with Crippen LogP contribution in [0.4, 0.5) is 0 Å². The Balaban J connectivity index is -0.000000125. The van der Waals surface area contributed by atoms with Gasteiger partial charge in [-0.05, 0) is 0 Å². The summed E-state index contributed by atoms with van der Waals surface area (Å²) in [7, 11) is 0. The van der Waals surface area contributed by atoms with Gasteiger partial charge in [-0.15, -0.1) is 0 Å². The SMILES string of the molecule is [CH2-]CCCCC.[Hf].[OH-].